The Kier molecular flexibility index (Phi) is 7.15. The van der Waals surface area contributed by atoms with Gasteiger partial charge in [-0.1, -0.05) is 25.0 Å². The van der Waals surface area contributed by atoms with E-state index < -0.39 is 16.1 Å². The van der Waals surface area contributed by atoms with Crippen LogP contribution in [-0.2, 0) is 14.8 Å². The van der Waals surface area contributed by atoms with Gasteiger partial charge in [0.05, 0.1) is 24.2 Å². The Labute approximate surface area is 193 Å². The maximum atomic E-state index is 13.4. The Morgan fingerprint density at radius 2 is 1.88 bits per heavy atom. The van der Waals surface area contributed by atoms with Crippen molar-refractivity contribution in [3.05, 3.63) is 48.5 Å². The first-order chi connectivity index (χ1) is 15.5. The van der Waals surface area contributed by atoms with Gasteiger partial charge in [0.15, 0.2) is 6.10 Å². The van der Waals surface area contributed by atoms with Gasteiger partial charge in [-0.15, -0.1) is 0 Å². The minimum Gasteiger partial charge on any atom is -0.497 e. The molecule has 0 spiro atoms. The predicted molar refractivity (Wildman–Crippen MR) is 126 cm³/mol. The molecule has 7 nitrogen and oxygen atoms in total. The summed E-state index contributed by atoms with van der Waals surface area (Å²) in [5.74, 6) is 1.48. The van der Waals surface area contributed by atoms with Crippen molar-refractivity contribution >= 4 is 33.4 Å². The lowest BCUT2D eigenvalue weighted by atomic mass is 10.2. The number of rotatable bonds is 8. The molecule has 2 aromatic rings. The maximum Gasteiger partial charge on any atom is 0.264 e. The van der Waals surface area contributed by atoms with Crippen molar-refractivity contribution in [1.29, 1.82) is 0 Å². The summed E-state index contributed by atoms with van der Waals surface area (Å²) in [6, 6.07) is 13.1. The van der Waals surface area contributed by atoms with E-state index in [1.165, 1.54) is 49.2 Å². The lowest BCUT2D eigenvalue weighted by Crippen LogP contribution is -2.51. The largest absolute Gasteiger partial charge is 0.497 e. The SMILES string of the molecule is COc1ccc(S(=O)(=O)N2C[C@H](C(=O)NCCSC3CCCC3)Oc3ccccc32)cc1. The van der Waals surface area contributed by atoms with Gasteiger partial charge in [0.2, 0.25) is 0 Å². The number of hydrogen-bond donors (Lipinski definition) is 1. The number of carbonyl (C=O) groups is 1. The second kappa shape index (κ2) is 10.0. The highest BCUT2D eigenvalue weighted by Gasteiger charge is 2.37. The third-order valence-electron chi connectivity index (χ3n) is 5.73. The Balaban J connectivity index is 1.47. The number of sulfonamides is 1. The molecule has 0 radical (unpaired) electrons. The molecule has 1 amide bonds. The summed E-state index contributed by atoms with van der Waals surface area (Å²) in [6.07, 6.45) is 4.16. The molecule has 32 heavy (non-hydrogen) atoms. The second-order valence-electron chi connectivity index (χ2n) is 7.85. The van der Waals surface area contributed by atoms with E-state index in [-0.39, 0.29) is 17.3 Å². The molecule has 0 saturated heterocycles. The van der Waals surface area contributed by atoms with Gasteiger partial charge in [-0.05, 0) is 49.2 Å². The van der Waals surface area contributed by atoms with Crippen molar-refractivity contribution in [1.82, 2.24) is 5.32 Å². The topological polar surface area (TPSA) is 84.9 Å². The van der Waals surface area contributed by atoms with Gasteiger partial charge >= 0.3 is 0 Å². The molecular weight excluding hydrogens is 448 g/mol. The van der Waals surface area contributed by atoms with Crippen LogP contribution in [0, 0.1) is 0 Å². The molecule has 1 fully saturated rings. The molecule has 0 unspecified atom stereocenters. The zero-order valence-corrected chi connectivity index (χ0v) is 19.7. The minimum absolute atomic E-state index is 0.0903. The summed E-state index contributed by atoms with van der Waals surface area (Å²) in [4.78, 5) is 12.9. The number of nitrogens with zero attached hydrogens (tertiary/aromatic N) is 1. The Bertz CT molecular complexity index is 1040. The van der Waals surface area contributed by atoms with Crippen molar-refractivity contribution in [3.8, 4) is 11.5 Å². The van der Waals surface area contributed by atoms with Crippen LogP contribution in [0.3, 0.4) is 0 Å². The average Bonchev–Trinajstić information content (AvgIpc) is 3.34. The molecule has 4 rings (SSSR count). The summed E-state index contributed by atoms with van der Waals surface area (Å²) in [7, 11) is -2.36. The van der Waals surface area contributed by atoms with Crippen LogP contribution in [0.15, 0.2) is 53.4 Å². The standard InChI is InChI=1S/C23H28N2O5S2/c1-29-17-10-12-19(13-11-17)32(27,28)25-16-22(30-21-9-5-4-8-20(21)25)23(26)24-14-15-31-18-6-2-3-7-18/h4-5,8-13,18,22H,2-3,6-7,14-16H2,1H3,(H,24,26)/t22-/m1/s1. The van der Waals surface area contributed by atoms with E-state index in [0.29, 0.717) is 29.0 Å². The zero-order valence-electron chi connectivity index (χ0n) is 18.0. The highest BCUT2D eigenvalue weighted by Crippen LogP contribution is 2.37. The summed E-state index contributed by atoms with van der Waals surface area (Å²) < 4.78 is 39.1. The van der Waals surface area contributed by atoms with Gasteiger partial charge < -0.3 is 14.8 Å². The number of anilines is 1. The minimum atomic E-state index is -3.89. The van der Waals surface area contributed by atoms with Crippen LogP contribution in [0.4, 0.5) is 5.69 Å². The first kappa shape index (κ1) is 22.8. The monoisotopic (exact) mass is 476 g/mol. The van der Waals surface area contributed by atoms with Crippen LogP contribution in [0.2, 0.25) is 0 Å². The second-order valence-corrected chi connectivity index (χ2v) is 11.1. The van der Waals surface area contributed by atoms with Crippen molar-refractivity contribution in [2.45, 2.75) is 41.9 Å². The van der Waals surface area contributed by atoms with Crippen molar-refractivity contribution in [2.75, 3.05) is 30.3 Å². The summed E-state index contributed by atoms with van der Waals surface area (Å²) in [5, 5.41) is 3.60. The van der Waals surface area contributed by atoms with Crippen molar-refractivity contribution < 1.29 is 22.7 Å². The van der Waals surface area contributed by atoms with E-state index in [9.17, 15) is 13.2 Å². The molecule has 0 bridgehead atoms. The lowest BCUT2D eigenvalue weighted by molar-refractivity contribution is -0.127. The number of carbonyl (C=O) groups excluding carboxylic acids is 1. The number of hydrogen-bond acceptors (Lipinski definition) is 6. The predicted octanol–water partition coefficient (Wildman–Crippen LogP) is 3.44. The summed E-state index contributed by atoms with van der Waals surface area (Å²) in [6.45, 7) is 0.444. The number of para-hydroxylation sites is 2. The molecule has 1 aliphatic heterocycles. The Hall–Kier alpha value is -2.39. The number of thioether (sulfide) groups is 1. The normalized spacial score (nSPS) is 18.7. The van der Waals surface area contributed by atoms with E-state index in [1.54, 1.807) is 36.4 Å². The van der Waals surface area contributed by atoms with E-state index in [4.69, 9.17) is 9.47 Å². The average molecular weight is 477 g/mol. The summed E-state index contributed by atoms with van der Waals surface area (Å²) in [5.41, 5.74) is 0.421. The quantitative estimate of drug-likeness (QED) is 0.588. The van der Waals surface area contributed by atoms with Gasteiger partial charge in [0.25, 0.3) is 15.9 Å². The van der Waals surface area contributed by atoms with Crippen LogP contribution in [0.25, 0.3) is 0 Å². The molecule has 1 heterocycles. The van der Waals surface area contributed by atoms with Crippen LogP contribution in [0.5, 0.6) is 11.5 Å². The number of amides is 1. The zero-order chi connectivity index (χ0) is 22.6. The molecule has 2 aliphatic rings. The van der Waals surface area contributed by atoms with Crippen LogP contribution >= 0.6 is 11.8 Å². The van der Waals surface area contributed by atoms with Gasteiger partial charge in [-0.3, -0.25) is 9.10 Å². The molecule has 1 N–H and O–H groups in total. The maximum absolute atomic E-state index is 13.4. The van der Waals surface area contributed by atoms with Gasteiger partial charge in [-0.25, -0.2) is 8.42 Å². The molecule has 172 valence electrons. The first-order valence-corrected chi connectivity index (χ1v) is 13.3. The fourth-order valence-electron chi connectivity index (χ4n) is 4.01. The van der Waals surface area contributed by atoms with Gasteiger partial charge in [0, 0.05) is 17.5 Å². The molecule has 1 atom stereocenters. The number of benzene rings is 2. The summed E-state index contributed by atoms with van der Waals surface area (Å²) >= 11 is 1.89. The van der Waals surface area contributed by atoms with E-state index in [0.717, 1.165) is 5.75 Å². The molecular formula is C23H28N2O5S2. The number of fused-ring (bicyclic) bond motifs is 1. The number of methoxy groups -OCH3 is 1. The fourth-order valence-corrected chi connectivity index (χ4v) is 6.71. The van der Waals surface area contributed by atoms with E-state index in [1.807, 2.05) is 11.8 Å². The number of nitrogens with one attached hydrogen (secondary N) is 1. The number of ether oxygens (including phenoxy) is 2. The van der Waals surface area contributed by atoms with E-state index in [2.05, 4.69) is 5.32 Å². The molecule has 0 aromatic heterocycles. The highest BCUT2D eigenvalue weighted by atomic mass is 32.2. The molecule has 2 aromatic carbocycles. The van der Waals surface area contributed by atoms with Gasteiger partial charge in [0.1, 0.15) is 11.5 Å². The van der Waals surface area contributed by atoms with Crippen LogP contribution in [0.1, 0.15) is 25.7 Å². The first-order valence-electron chi connectivity index (χ1n) is 10.8. The smallest absolute Gasteiger partial charge is 0.264 e. The highest BCUT2D eigenvalue weighted by molar-refractivity contribution is 7.99. The van der Waals surface area contributed by atoms with Crippen LogP contribution in [-0.4, -0.2) is 51.6 Å². The third-order valence-corrected chi connectivity index (χ3v) is 8.91. The molecule has 9 heteroatoms. The van der Waals surface area contributed by atoms with Crippen molar-refractivity contribution in [3.63, 3.8) is 0 Å². The van der Waals surface area contributed by atoms with Crippen LogP contribution < -0.4 is 19.1 Å². The van der Waals surface area contributed by atoms with Gasteiger partial charge in [-0.2, -0.15) is 11.8 Å². The fraction of sp³-hybridized carbons (Fsp3) is 0.435. The van der Waals surface area contributed by atoms with E-state index >= 15 is 0 Å². The Morgan fingerprint density at radius 1 is 1.16 bits per heavy atom. The third kappa shape index (κ3) is 4.99. The molecule has 1 aliphatic carbocycles. The molecule has 1 saturated carbocycles. The lowest BCUT2D eigenvalue weighted by Gasteiger charge is -2.34. The Morgan fingerprint density at radius 3 is 2.59 bits per heavy atom. The van der Waals surface area contributed by atoms with Crippen molar-refractivity contribution in [2.24, 2.45) is 0 Å².